The number of fused-ring (bicyclic) bond motifs is 1. The van der Waals surface area contributed by atoms with Crippen LogP contribution in [0.2, 0.25) is 0 Å². The second kappa shape index (κ2) is 6.78. The van der Waals surface area contributed by atoms with Crippen molar-refractivity contribution >= 4 is 5.91 Å². The van der Waals surface area contributed by atoms with Crippen molar-refractivity contribution in [2.75, 3.05) is 19.8 Å². The second-order valence-electron chi connectivity index (χ2n) is 6.63. The molecule has 0 unspecified atom stereocenters. The molecule has 0 radical (unpaired) electrons. The molecule has 4 rings (SSSR count). The van der Waals surface area contributed by atoms with Crippen molar-refractivity contribution in [2.24, 2.45) is 0 Å². The van der Waals surface area contributed by atoms with E-state index in [2.05, 4.69) is 11.1 Å². The predicted octanol–water partition coefficient (Wildman–Crippen LogP) is 2.97. The molecule has 1 fully saturated rings. The highest BCUT2D eigenvalue weighted by Crippen LogP contribution is 2.38. The van der Waals surface area contributed by atoms with Crippen molar-refractivity contribution in [3.8, 4) is 11.5 Å². The lowest BCUT2D eigenvalue weighted by Crippen LogP contribution is -2.35. The van der Waals surface area contributed by atoms with Crippen LogP contribution in [-0.4, -0.2) is 40.1 Å². The number of imidazole rings is 1. The molecule has 1 saturated heterocycles. The highest BCUT2D eigenvalue weighted by molar-refractivity contribution is 5.81. The fraction of sp³-hybridized carbons (Fsp3) is 0.474. The van der Waals surface area contributed by atoms with Crippen molar-refractivity contribution < 1.29 is 14.3 Å². The number of hydrogen-bond acceptors (Lipinski definition) is 4. The van der Waals surface area contributed by atoms with Crippen LogP contribution in [-0.2, 0) is 4.79 Å². The van der Waals surface area contributed by atoms with Gasteiger partial charge in [0.25, 0.3) is 0 Å². The summed E-state index contributed by atoms with van der Waals surface area (Å²) in [5.41, 5.74) is 1.12. The molecule has 6 heteroatoms. The summed E-state index contributed by atoms with van der Waals surface area (Å²) in [6, 6.07) is 5.92. The Morgan fingerprint density at radius 1 is 1.24 bits per heavy atom. The summed E-state index contributed by atoms with van der Waals surface area (Å²) in [5.74, 6) is 1.72. The van der Waals surface area contributed by atoms with Crippen molar-refractivity contribution in [3.05, 3.63) is 42.5 Å². The third kappa shape index (κ3) is 3.08. The zero-order chi connectivity index (χ0) is 17.2. The Labute approximate surface area is 147 Å². The smallest absolute Gasteiger partial charge is 0.245 e. The van der Waals surface area contributed by atoms with E-state index in [0.29, 0.717) is 13.2 Å². The monoisotopic (exact) mass is 341 g/mol. The Kier molecular flexibility index (Phi) is 4.34. The number of benzene rings is 1. The third-order valence-electron chi connectivity index (χ3n) is 5.02. The van der Waals surface area contributed by atoms with E-state index >= 15 is 0 Å². The first kappa shape index (κ1) is 16.0. The number of carbonyl (C=O) groups excluding carboxylic acids is 1. The quantitative estimate of drug-likeness (QED) is 0.861. The maximum Gasteiger partial charge on any atom is 0.245 e. The molecule has 25 heavy (non-hydrogen) atoms. The van der Waals surface area contributed by atoms with Gasteiger partial charge in [0, 0.05) is 25.4 Å². The molecule has 3 heterocycles. The van der Waals surface area contributed by atoms with E-state index in [-0.39, 0.29) is 18.0 Å². The van der Waals surface area contributed by atoms with Gasteiger partial charge in [-0.3, -0.25) is 4.79 Å². The summed E-state index contributed by atoms with van der Waals surface area (Å²) in [6.07, 6.45) is 8.11. The lowest BCUT2D eigenvalue weighted by atomic mass is 10.0. The minimum absolute atomic E-state index is 0.0932. The molecule has 0 spiro atoms. The van der Waals surface area contributed by atoms with Crippen LogP contribution in [0.4, 0.5) is 0 Å². The molecule has 2 aliphatic heterocycles. The van der Waals surface area contributed by atoms with Crippen LogP contribution in [0.25, 0.3) is 0 Å². The number of amides is 1. The molecule has 2 aliphatic rings. The fourth-order valence-electron chi connectivity index (χ4n) is 3.63. The zero-order valence-electron chi connectivity index (χ0n) is 14.4. The van der Waals surface area contributed by atoms with Crippen LogP contribution in [0.5, 0.6) is 11.5 Å². The fourth-order valence-corrected chi connectivity index (χ4v) is 3.63. The van der Waals surface area contributed by atoms with Gasteiger partial charge in [-0.2, -0.15) is 0 Å². The van der Waals surface area contributed by atoms with Gasteiger partial charge in [-0.05, 0) is 37.5 Å². The van der Waals surface area contributed by atoms with Gasteiger partial charge >= 0.3 is 0 Å². The van der Waals surface area contributed by atoms with Gasteiger partial charge in [-0.15, -0.1) is 0 Å². The first-order valence-electron chi connectivity index (χ1n) is 8.91. The molecular weight excluding hydrogens is 318 g/mol. The van der Waals surface area contributed by atoms with E-state index < -0.39 is 0 Å². The molecule has 2 atom stereocenters. The lowest BCUT2D eigenvalue weighted by molar-refractivity contribution is -0.135. The molecule has 1 amide bonds. The van der Waals surface area contributed by atoms with Crippen LogP contribution >= 0.6 is 0 Å². The first-order valence-corrected chi connectivity index (χ1v) is 8.91. The molecular formula is C19H23N3O3. The van der Waals surface area contributed by atoms with E-state index in [0.717, 1.165) is 42.9 Å². The van der Waals surface area contributed by atoms with Crippen molar-refractivity contribution in [1.29, 1.82) is 0 Å². The number of ether oxygens (including phenoxy) is 2. The molecule has 1 aromatic carbocycles. The third-order valence-corrected chi connectivity index (χ3v) is 5.02. The van der Waals surface area contributed by atoms with Crippen molar-refractivity contribution in [1.82, 2.24) is 14.5 Å². The van der Waals surface area contributed by atoms with Crippen LogP contribution in [0.15, 0.2) is 36.9 Å². The predicted molar refractivity (Wildman–Crippen MR) is 92.7 cm³/mol. The molecule has 0 aliphatic carbocycles. The Balaban J connectivity index is 1.57. The van der Waals surface area contributed by atoms with Gasteiger partial charge in [-0.25, -0.2) is 4.98 Å². The summed E-state index contributed by atoms with van der Waals surface area (Å²) >= 11 is 0. The summed E-state index contributed by atoms with van der Waals surface area (Å²) in [6.45, 7) is 4.06. The SMILES string of the molecule is C[C@H](C(=O)N1CCC[C@@H]1c1ccc2c(c1)OCCCO2)n1ccnc1. The molecule has 0 saturated carbocycles. The summed E-state index contributed by atoms with van der Waals surface area (Å²) in [7, 11) is 0. The van der Waals surface area contributed by atoms with Crippen molar-refractivity contribution in [2.45, 2.75) is 38.3 Å². The average Bonchev–Trinajstić information content (AvgIpc) is 3.28. The minimum atomic E-state index is -0.247. The molecule has 0 N–H and O–H groups in total. The Morgan fingerprint density at radius 3 is 2.88 bits per heavy atom. The maximum atomic E-state index is 13.0. The van der Waals surface area contributed by atoms with Gasteiger partial charge in [0.1, 0.15) is 6.04 Å². The highest BCUT2D eigenvalue weighted by Gasteiger charge is 2.33. The minimum Gasteiger partial charge on any atom is -0.490 e. The van der Waals surface area contributed by atoms with Gasteiger partial charge in [0.2, 0.25) is 5.91 Å². The highest BCUT2D eigenvalue weighted by atomic mass is 16.5. The Bertz CT molecular complexity index is 744. The number of carbonyl (C=O) groups is 1. The van der Waals surface area contributed by atoms with Crippen molar-refractivity contribution in [3.63, 3.8) is 0 Å². The van der Waals surface area contributed by atoms with Crippen LogP contribution in [0.1, 0.15) is 43.8 Å². The number of aromatic nitrogens is 2. The number of likely N-dealkylation sites (tertiary alicyclic amines) is 1. The Morgan fingerprint density at radius 2 is 2.08 bits per heavy atom. The van der Waals surface area contributed by atoms with E-state index in [1.165, 1.54) is 0 Å². The van der Waals surface area contributed by atoms with Gasteiger partial charge < -0.3 is 18.9 Å². The van der Waals surface area contributed by atoms with E-state index in [1.54, 1.807) is 12.5 Å². The summed E-state index contributed by atoms with van der Waals surface area (Å²) < 4.78 is 13.4. The molecule has 2 aromatic rings. The molecule has 1 aromatic heterocycles. The summed E-state index contributed by atoms with van der Waals surface area (Å²) in [4.78, 5) is 19.0. The number of rotatable bonds is 3. The second-order valence-corrected chi connectivity index (χ2v) is 6.63. The van der Waals surface area contributed by atoms with E-state index in [1.807, 2.05) is 34.7 Å². The first-order chi connectivity index (χ1) is 12.2. The topological polar surface area (TPSA) is 56.6 Å². The normalized spacial score (nSPS) is 21.0. The van der Waals surface area contributed by atoms with E-state index in [4.69, 9.17) is 9.47 Å². The molecule has 0 bridgehead atoms. The zero-order valence-corrected chi connectivity index (χ0v) is 14.4. The summed E-state index contributed by atoms with van der Waals surface area (Å²) in [5, 5.41) is 0. The van der Waals surface area contributed by atoms with Crippen LogP contribution in [0, 0.1) is 0 Å². The number of nitrogens with zero attached hydrogens (tertiary/aromatic N) is 3. The Hall–Kier alpha value is -2.50. The van der Waals surface area contributed by atoms with Gasteiger partial charge in [0.15, 0.2) is 11.5 Å². The van der Waals surface area contributed by atoms with E-state index in [9.17, 15) is 4.79 Å². The molecule has 132 valence electrons. The van der Waals surface area contributed by atoms with Gasteiger partial charge in [-0.1, -0.05) is 6.07 Å². The lowest BCUT2D eigenvalue weighted by Gasteiger charge is -2.28. The largest absolute Gasteiger partial charge is 0.490 e. The number of hydrogen-bond donors (Lipinski definition) is 0. The molecule has 6 nitrogen and oxygen atoms in total. The maximum absolute atomic E-state index is 13.0. The average molecular weight is 341 g/mol. The standard InChI is InChI=1S/C19H23N3O3/c1-14(21-9-7-20-13-21)19(23)22-8-2-4-16(22)15-5-6-17-18(12-15)25-11-3-10-24-17/h5-7,9,12-14,16H,2-4,8,10-11H2,1H3/t14-,16-/m1/s1. The van der Waals surface area contributed by atoms with Gasteiger partial charge in [0.05, 0.1) is 25.6 Å². The van der Waals surface area contributed by atoms with Crippen LogP contribution in [0.3, 0.4) is 0 Å². The van der Waals surface area contributed by atoms with Crippen LogP contribution < -0.4 is 9.47 Å².